The number of aliphatic hydroxyl groups excluding tert-OH is 1. The summed E-state index contributed by atoms with van der Waals surface area (Å²) in [6.45, 7) is -0.658. The number of aromatic hydroxyl groups is 1. The van der Waals surface area contributed by atoms with E-state index in [1.54, 1.807) is 0 Å². The molecule has 0 radical (unpaired) electrons. The second kappa shape index (κ2) is 10.8. The van der Waals surface area contributed by atoms with Gasteiger partial charge < -0.3 is 37.4 Å². The molecule has 3 atom stereocenters. The number of rotatable bonds is 11. The van der Waals surface area contributed by atoms with Gasteiger partial charge in [-0.15, -0.1) is 0 Å². The molecule has 3 unspecified atom stereocenters. The Bertz CT molecular complexity index is 708. The normalized spacial score (nSPS) is 13.8. The smallest absolute Gasteiger partial charge is 0.326 e. The van der Waals surface area contributed by atoms with E-state index in [2.05, 4.69) is 10.6 Å². The number of benzene rings is 1. The average Bonchev–Trinajstić information content (AvgIpc) is 2.64. The number of carboxylic acid groups (broad SMARTS) is 1. The molecule has 1 aromatic rings. The predicted molar refractivity (Wildman–Crippen MR) is 96.8 cm³/mol. The summed E-state index contributed by atoms with van der Waals surface area (Å²) in [7, 11) is 0. The Labute approximate surface area is 160 Å². The highest BCUT2D eigenvalue weighted by atomic mass is 16.4. The fourth-order valence-electron chi connectivity index (χ4n) is 2.26. The van der Waals surface area contributed by atoms with E-state index in [1.807, 2.05) is 0 Å². The molecule has 0 heterocycles. The van der Waals surface area contributed by atoms with Gasteiger partial charge in [0.15, 0.2) is 0 Å². The topological polar surface area (TPSA) is 205 Å². The van der Waals surface area contributed by atoms with Crippen molar-refractivity contribution in [2.45, 2.75) is 37.4 Å². The second-order valence-corrected chi connectivity index (χ2v) is 6.13. The van der Waals surface area contributed by atoms with Crippen molar-refractivity contribution in [3.05, 3.63) is 29.8 Å². The minimum absolute atomic E-state index is 0.00844. The van der Waals surface area contributed by atoms with Crippen LogP contribution in [0, 0.1) is 0 Å². The van der Waals surface area contributed by atoms with Crippen LogP contribution in [0.1, 0.15) is 18.4 Å². The number of amides is 3. The molecule has 11 nitrogen and oxygen atoms in total. The van der Waals surface area contributed by atoms with Crippen molar-refractivity contribution in [1.29, 1.82) is 0 Å². The fourth-order valence-corrected chi connectivity index (χ4v) is 2.26. The van der Waals surface area contributed by atoms with Crippen LogP contribution < -0.4 is 22.1 Å². The molecule has 3 amide bonds. The number of phenolic OH excluding ortho intramolecular Hbond substituents is 1. The Hall–Kier alpha value is -3.18. The molecule has 0 saturated heterocycles. The summed E-state index contributed by atoms with van der Waals surface area (Å²) in [5.74, 6) is -3.69. The molecule has 0 bridgehead atoms. The number of carbonyl (C=O) groups is 4. The predicted octanol–water partition coefficient (Wildman–Crippen LogP) is -2.43. The second-order valence-electron chi connectivity index (χ2n) is 6.13. The number of carboxylic acids is 1. The van der Waals surface area contributed by atoms with E-state index in [-0.39, 0.29) is 25.0 Å². The summed E-state index contributed by atoms with van der Waals surface area (Å²) in [6, 6.07) is 1.89. The van der Waals surface area contributed by atoms with E-state index >= 15 is 0 Å². The lowest BCUT2D eigenvalue weighted by Crippen LogP contribution is -2.55. The SMILES string of the molecule is NC(=O)CCC(NC(=O)C(N)CO)C(=O)NC(Cc1ccc(O)cc1)C(=O)O. The molecule has 0 saturated carbocycles. The first-order valence-electron chi connectivity index (χ1n) is 8.40. The number of aliphatic carboxylic acids is 1. The molecule has 154 valence electrons. The summed E-state index contributed by atoms with van der Waals surface area (Å²) in [4.78, 5) is 46.8. The van der Waals surface area contributed by atoms with Gasteiger partial charge in [-0.1, -0.05) is 12.1 Å². The lowest BCUT2D eigenvalue weighted by atomic mass is 10.0. The van der Waals surface area contributed by atoms with Crippen LogP contribution in [0.3, 0.4) is 0 Å². The van der Waals surface area contributed by atoms with Crippen molar-refractivity contribution >= 4 is 23.7 Å². The Morgan fingerprint density at radius 1 is 1.00 bits per heavy atom. The Morgan fingerprint density at radius 3 is 2.07 bits per heavy atom. The molecule has 9 N–H and O–H groups in total. The first kappa shape index (κ1) is 22.9. The minimum Gasteiger partial charge on any atom is -0.508 e. The molecular weight excluding hydrogens is 372 g/mol. The molecule has 0 aliphatic carbocycles. The molecule has 11 heteroatoms. The summed E-state index contributed by atoms with van der Waals surface area (Å²) in [5, 5.41) is 32.1. The maximum Gasteiger partial charge on any atom is 0.326 e. The number of nitrogens with two attached hydrogens (primary N) is 2. The lowest BCUT2D eigenvalue weighted by Gasteiger charge is -2.22. The van der Waals surface area contributed by atoms with Crippen molar-refractivity contribution in [2.24, 2.45) is 11.5 Å². The highest BCUT2D eigenvalue weighted by Crippen LogP contribution is 2.12. The van der Waals surface area contributed by atoms with Crippen LogP contribution in [0.25, 0.3) is 0 Å². The van der Waals surface area contributed by atoms with Gasteiger partial charge in [-0.2, -0.15) is 0 Å². The molecule has 0 aromatic heterocycles. The summed E-state index contributed by atoms with van der Waals surface area (Å²) in [5.41, 5.74) is 11.0. The Balaban J connectivity index is 2.87. The van der Waals surface area contributed by atoms with Gasteiger partial charge in [0.25, 0.3) is 0 Å². The van der Waals surface area contributed by atoms with Gasteiger partial charge in [0.2, 0.25) is 17.7 Å². The average molecular weight is 396 g/mol. The third kappa shape index (κ3) is 7.60. The van der Waals surface area contributed by atoms with Crippen molar-refractivity contribution in [1.82, 2.24) is 10.6 Å². The van der Waals surface area contributed by atoms with Crippen LogP contribution in [0.5, 0.6) is 5.75 Å². The first-order chi connectivity index (χ1) is 13.1. The molecule has 1 aromatic carbocycles. The molecule has 0 aliphatic heterocycles. The van der Waals surface area contributed by atoms with E-state index in [4.69, 9.17) is 16.6 Å². The first-order valence-corrected chi connectivity index (χ1v) is 8.40. The molecular formula is C17H24N4O7. The van der Waals surface area contributed by atoms with Crippen LogP contribution in [0.4, 0.5) is 0 Å². The van der Waals surface area contributed by atoms with Gasteiger partial charge in [-0.25, -0.2) is 4.79 Å². The van der Waals surface area contributed by atoms with Gasteiger partial charge in [0.1, 0.15) is 23.9 Å². The Kier molecular flexibility index (Phi) is 8.85. The number of hydrogen-bond donors (Lipinski definition) is 7. The summed E-state index contributed by atoms with van der Waals surface area (Å²) < 4.78 is 0. The zero-order chi connectivity index (χ0) is 21.3. The van der Waals surface area contributed by atoms with Crippen molar-refractivity contribution in [2.75, 3.05) is 6.61 Å². The maximum absolute atomic E-state index is 12.5. The summed E-state index contributed by atoms with van der Waals surface area (Å²) in [6.07, 6.45) is -0.479. The number of phenols is 1. The van der Waals surface area contributed by atoms with Crippen LogP contribution >= 0.6 is 0 Å². The number of primary amides is 1. The zero-order valence-corrected chi connectivity index (χ0v) is 15.0. The summed E-state index contributed by atoms with van der Waals surface area (Å²) >= 11 is 0. The van der Waals surface area contributed by atoms with Crippen molar-refractivity contribution in [3.63, 3.8) is 0 Å². The zero-order valence-electron chi connectivity index (χ0n) is 15.0. The minimum atomic E-state index is -1.32. The van der Waals surface area contributed by atoms with Crippen LogP contribution in [-0.4, -0.2) is 63.7 Å². The highest BCUT2D eigenvalue weighted by molar-refractivity contribution is 5.92. The highest BCUT2D eigenvalue weighted by Gasteiger charge is 2.28. The maximum atomic E-state index is 12.5. The number of hydrogen-bond acceptors (Lipinski definition) is 7. The van der Waals surface area contributed by atoms with E-state index < -0.39 is 48.4 Å². The fraction of sp³-hybridized carbons (Fsp3) is 0.412. The van der Waals surface area contributed by atoms with Gasteiger partial charge in [0, 0.05) is 12.8 Å². The van der Waals surface area contributed by atoms with E-state index in [0.717, 1.165) is 0 Å². The number of nitrogens with one attached hydrogen (secondary N) is 2. The van der Waals surface area contributed by atoms with Crippen LogP contribution in [0.15, 0.2) is 24.3 Å². The van der Waals surface area contributed by atoms with E-state index in [1.165, 1.54) is 24.3 Å². The quantitative estimate of drug-likeness (QED) is 0.214. The number of carbonyl (C=O) groups excluding carboxylic acids is 3. The monoisotopic (exact) mass is 396 g/mol. The van der Waals surface area contributed by atoms with Crippen LogP contribution in [0.2, 0.25) is 0 Å². The van der Waals surface area contributed by atoms with E-state index in [0.29, 0.717) is 5.56 Å². The van der Waals surface area contributed by atoms with Crippen molar-refractivity contribution < 1.29 is 34.5 Å². The van der Waals surface area contributed by atoms with Gasteiger partial charge >= 0.3 is 5.97 Å². The molecule has 0 fully saturated rings. The Morgan fingerprint density at radius 2 is 1.57 bits per heavy atom. The number of aliphatic hydroxyl groups is 1. The van der Waals surface area contributed by atoms with Gasteiger partial charge in [0.05, 0.1) is 6.61 Å². The van der Waals surface area contributed by atoms with Gasteiger partial charge in [-0.3, -0.25) is 14.4 Å². The standard InChI is InChI=1S/C17H24N4O7/c18-11(8-22)15(25)20-12(5-6-14(19)24)16(26)21-13(17(27)28)7-9-1-3-10(23)4-2-9/h1-4,11-13,22-23H,5-8,18H2,(H2,19,24)(H,20,25)(H,21,26)(H,27,28). The van der Waals surface area contributed by atoms with Crippen molar-refractivity contribution in [3.8, 4) is 5.75 Å². The third-order valence-corrected chi connectivity index (χ3v) is 3.84. The molecule has 0 aliphatic rings. The molecule has 28 heavy (non-hydrogen) atoms. The lowest BCUT2D eigenvalue weighted by molar-refractivity contribution is -0.142. The molecule has 0 spiro atoms. The third-order valence-electron chi connectivity index (χ3n) is 3.84. The van der Waals surface area contributed by atoms with Crippen LogP contribution in [-0.2, 0) is 25.6 Å². The molecule has 1 rings (SSSR count). The largest absolute Gasteiger partial charge is 0.508 e. The van der Waals surface area contributed by atoms with Gasteiger partial charge in [-0.05, 0) is 24.1 Å². The van der Waals surface area contributed by atoms with E-state index in [9.17, 15) is 29.4 Å².